The molecule has 0 saturated heterocycles. The van der Waals surface area contributed by atoms with Crippen LogP contribution in [0.3, 0.4) is 0 Å². The van der Waals surface area contributed by atoms with Gasteiger partial charge in [-0.25, -0.2) is 13.2 Å². The first kappa shape index (κ1) is 18.6. The number of nitrogens with zero attached hydrogens (tertiary/aromatic N) is 1. The van der Waals surface area contributed by atoms with E-state index in [1.165, 1.54) is 20.8 Å². The van der Waals surface area contributed by atoms with Gasteiger partial charge in [0.25, 0.3) is 12.0 Å². The third-order valence-electron chi connectivity index (χ3n) is 4.16. The third-order valence-corrected chi connectivity index (χ3v) is 5.98. The number of hydrogen-bond donors (Lipinski definition) is 2. The van der Waals surface area contributed by atoms with Crippen LogP contribution in [-0.4, -0.2) is 46.8 Å². The number of sulfonamides is 1. The van der Waals surface area contributed by atoms with E-state index in [0.29, 0.717) is 18.9 Å². The van der Waals surface area contributed by atoms with Gasteiger partial charge in [0.15, 0.2) is 0 Å². The highest BCUT2D eigenvalue weighted by molar-refractivity contribution is 7.90. The van der Waals surface area contributed by atoms with Crippen LogP contribution in [0.2, 0.25) is 0 Å². The Hall–Kier alpha value is -1.71. The second-order valence-electron chi connectivity index (χ2n) is 7.16. The predicted molar refractivity (Wildman–Crippen MR) is 80.8 cm³/mol. The van der Waals surface area contributed by atoms with Crippen LogP contribution in [0.4, 0.5) is 13.6 Å². The summed E-state index contributed by atoms with van der Waals surface area (Å²) in [5, 5.41) is 8.81. The molecule has 0 spiro atoms. The quantitative estimate of drug-likeness (QED) is 0.774. The average molecular weight is 366 g/mol. The summed E-state index contributed by atoms with van der Waals surface area (Å²) in [6, 6.07) is 0. The van der Waals surface area contributed by atoms with Crippen molar-refractivity contribution in [1.29, 1.82) is 0 Å². The van der Waals surface area contributed by atoms with Crippen LogP contribution in [-0.2, 0) is 14.8 Å². The van der Waals surface area contributed by atoms with Gasteiger partial charge in [0.05, 0.1) is 5.25 Å². The number of carboxylic acid groups (broad SMARTS) is 1. The Bertz CT molecular complexity index is 692. The fourth-order valence-electron chi connectivity index (χ4n) is 2.98. The highest BCUT2D eigenvalue weighted by atomic mass is 32.2. The van der Waals surface area contributed by atoms with E-state index in [4.69, 9.17) is 0 Å². The van der Waals surface area contributed by atoms with E-state index in [9.17, 15) is 31.9 Å². The monoisotopic (exact) mass is 366 g/mol. The summed E-state index contributed by atoms with van der Waals surface area (Å²) in [7, 11) is -3.91. The van der Waals surface area contributed by atoms with Gasteiger partial charge in [0, 0.05) is 11.5 Å². The normalized spacial score (nSPS) is 26.5. The number of nitrogens with one attached hydrogen (secondary N) is 1. The molecule has 0 radical (unpaired) electrons. The minimum absolute atomic E-state index is 0.195. The van der Waals surface area contributed by atoms with E-state index in [1.807, 2.05) is 4.72 Å². The molecule has 2 atom stereocenters. The van der Waals surface area contributed by atoms with Crippen LogP contribution in [0.5, 0.6) is 0 Å². The Morgan fingerprint density at radius 1 is 1.29 bits per heavy atom. The number of carbonyl (C=O) groups excluding carboxylic acids is 1. The number of hydrogen-bond acceptors (Lipinski definition) is 4. The standard InChI is InChI=1S/C14H20F2N2O5S/c1-13(2,3)18(12(20)21)14(7-8(14)6-10(15)16)11(19)17-24(22,23)9-4-5-9/h6,8-9H,4-5,7H2,1-3H3,(H,17,19)(H,20,21)/t8-,14+/m0/s1. The average Bonchev–Trinajstić information content (AvgIpc) is 3.20. The summed E-state index contributed by atoms with van der Waals surface area (Å²) in [6.07, 6.45) is -2.37. The van der Waals surface area contributed by atoms with E-state index in [1.54, 1.807) is 0 Å². The van der Waals surface area contributed by atoms with E-state index in [2.05, 4.69) is 0 Å². The summed E-state index contributed by atoms with van der Waals surface area (Å²) in [5.41, 5.74) is -2.93. The second kappa shape index (κ2) is 5.68. The molecular formula is C14H20F2N2O5S. The molecule has 2 aliphatic rings. The van der Waals surface area contributed by atoms with Gasteiger partial charge < -0.3 is 5.11 Å². The lowest BCUT2D eigenvalue weighted by molar-refractivity contribution is -0.128. The number of rotatable bonds is 5. The molecule has 0 aromatic heterocycles. The minimum Gasteiger partial charge on any atom is -0.465 e. The molecule has 0 unspecified atom stereocenters. The van der Waals surface area contributed by atoms with Crippen molar-refractivity contribution in [2.45, 2.75) is 56.4 Å². The van der Waals surface area contributed by atoms with Crippen molar-refractivity contribution >= 4 is 22.0 Å². The predicted octanol–water partition coefficient (Wildman–Crippen LogP) is 1.91. The molecule has 0 aromatic carbocycles. The van der Waals surface area contributed by atoms with Gasteiger partial charge in [-0.15, -0.1) is 0 Å². The SMILES string of the molecule is CC(C)(C)N(C(=O)O)[C@]1(C(=O)NS(=O)(=O)C2CC2)C[C@@H]1C=C(F)F. The zero-order chi connectivity index (χ0) is 18.5. The van der Waals surface area contributed by atoms with Crippen molar-refractivity contribution in [3.63, 3.8) is 0 Å². The Morgan fingerprint density at radius 3 is 2.21 bits per heavy atom. The minimum atomic E-state index is -3.91. The van der Waals surface area contributed by atoms with Crippen LogP contribution in [0.15, 0.2) is 12.2 Å². The number of amides is 2. The molecule has 7 nitrogen and oxygen atoms in total. The van der Waals surface area contributed by atoms with Crippen molar-refractivity contribution in [3.05, 3.63) is 12.2 Å². The molecule has 2 aliphatic carbocycles. The first-order valence-electron chi connectivity index (χ1n) is 7.44. The zero-order valence-corrected chi connectivity index (χ0v) is 14.4. The van der Waals surface area contributed by atoms with Gasteiger partial charge in [-0.2, -0.15) is 8.78 Å². The van der Waals surface area contributed by atoms with E-state index in [0.717, 1.165) is 4.90 Å². The van der Waals surface area contributed by atoms with Crippen LogP contribution in [0, 0.1) is 5.92 Å². The molecule has 24 heavy (non-hydrogen) atoms. The van der Waals surface area contributed by atoms with Gasteiger partial charge >= 0.3 is 6.09 Å². The fourth-order valence-corrected chi connectivity index (χ4v) is 4.34. The molecule has 136 valence electrons. The Balaban J connectivity index is 2.40. The van der Waals surface area contributed by atoms with Gasteiger partial charge in [-0.1, -0.05) is 0 Å². The third kappa shape index (κ3) is 3.38. The molecule has 0 bridgehead atoms. The fraction of sp³-hybridized carbons (Fsp3) is 0.714. The summed E-state index contributed by atoms with van der Waals surface area (Å²) >= 11 is 0. The van der Waals surface area contributed by atoms with Crippen molar-refractivity contribution < 1.29 is 31.9 Å². The number of carbonyl (C=O) groups is 2. The molecule has 2 fully saturated rings. The lowest BCUT2D eigenvalue weighted by Gasteiger charge is -2.39. The molecule has 2 saturated carbocycles. The van der Waals surface area contributed by atoms with Crippen LogP contribution in [0.1, 0.15) is 40.0 Å². The van der Waals surface area contributed by atoms with Gasteiger partial charge in [0.1, 0.15) is 5.54 Å². The maximum atomic E-state index is 12.6. The Labute approximate surface area is 138 Å². The van der Waals surface area contributed by atoms with Crippen molar-refractivity contribution in [2.24, 2.45) is 5.92 Å². The van der Waals surface area contributed by atoms with Crippen LogP contribution >= 0.6 is 0 Å². The second-order valence-corrected chi connectivity index (χ2v) is 9.12. The molecular weight excluding hydrogens is 346 g/mol. The maximum absolute atomic E-state index is 12.6. The smallest absolute Gasteiger partial charge is 0.408 e. The topological polar surface area (TPSA) is 104 Å². The molecule has 10 heteroatoms. The van der Waals surface area contributed by atoms with Crippen LogP contribution < -0.4 is 4.72 Å². The highest BCUT2D eigenvalue weighted by Crippen LogP contribution is 2.53. The summed E-state index contributed by atoms with van der Waals surface area (Å²) < 4.78 is 51.1. The first-order valence-corrected chi connectivity index (χ1v) is 8.99. The molecule has 0 aliphatic heterocycles. The Kier molecular flexibility index (Phi) is 4.41. The summed E-state index contributed by atoms with van der Waals surface area (Å²) in [4.78, 5) is 25.0. The highest BCUT2D eigenvalue weighted by Gasteiger charge is 2.67. The Morgan fingerprint density at radius 2 is 1.83 bits per heavy atom. The summed E-state index contributed by atoms with van der Waals surface area (Å²) in [6.45, 7) is 4.53. The summed E-state index contributed by atoms with van der Waals surface area (Å²) in [5.74, 6) is -2.15. The van der Waals surface area contributed by atoms with Gasteiger partial charge in [-0.3, -0.25) is 14.4 Å². The first-order chi connectivity index (χ1) is 10.8. The van der Waals surface area contributed by atoms with E-state index < -0.39 is 50.4 Å². The molecule has 2 N–H and O–H groups in total. The lowest BCUT2D eigenvalue weighted by Crippen LogP contribution is -2.60. The van der Waals surface area contributed by atoms with Gasteiger partial charge in [0.2, 0.25) is 10.0 Å². The lowest BCUT2D eigenvalue weighted by atomic mass is 10.00. The van der Waals surface area contributed by atoms with E-state index in [-0.39, 0.29) is 6.42 Å². The molecule has 2 amide bonds. The maximum Gasteiger partial charge on any atom is 0.408 e. The molecule has 0 aromatic rings. The van der Waals surface area contributed by atoms with Gasteiger partial charge in [-0.05, 0) is 46.1 Å². The van der Waals surface area contributed by atoms with Crippen molar-refractivity contribution in [1.82, 2.24) is 9.62 Å². The van der Waals surface area contributed by atoms with Crippen LogP contribution in [0.25, 0.3) is 0 Å². The zero-order valence-electron chi connectivity index (χ0n) is 13.5. The van der Waals surface area contributed by atoms with Crippen molar-refractivity contribution in [2.75, 3.05) is 0 Å². The molecule has 0 heterocycles. The van der Waals surface area contributed by atoms with Crippen molar-refractivity contribution in [3.8, 4) is 0 Å². The largest absolute Gasteiger partial charge is 0.465 e. The molecule has 2 rings (SSSR count). The number of halogens is 2. The van der Waals surface area contributed by atoms with E-state index >= 15 is 0 Å².